The highest BCUT2D eigenvalue weighted by Crippen LogP contribution is 2.21. The molecule has 1 heterocycles. The van der Waals surface area contributed by atoms with Crippen LogP contribution in [-0.4, -0.2) is 16.2 Å². The van der Waals surface area contributed by atoms with E-state index in [4.69, 9.17) is 9.72 Å². The SMILES string of the molecule is Cc1cc(C)cc(OCCCCn2c(C)nc3cc(C)c(C)cc32)c1. The van der Waals surface area contributed by atoms with Gasteiger partial charge in [-0.2, -0.15) is 0 Å². The lowest BCUT2D eigenvalue weighted by Gasteiger charge is -2.10. The molecule has 1 aromatic heterocycles. The number of imidazole rings is 1. The third-order valence-corrected chi connectivity index (χ3v) is 4.79. The molecule has 0 fully saturated rings. The Morgan fingerprint density at radius 1 is 0.840 bits per heavy atom. The topological polar surface area (TPSA) is 27.1 Å². The Kier molecular flexibility index (Phi) is 5.12. The molecule has 25 heavy (non-hydrogen) atoms. The monoisotopic (exact) mass is 336 g/mol. The average Bonchev–Trinajstić information content (AvgIpc) is 2.82. The van der Waals surface area contributed by atoms with Crippen molar-refractivity contribution in [2.24, 2.45) is 0 Å². The molecule has 2 aromatic carbocycles. The maximum Gasteiger partial charge on any atom is 0.119 e. The number of fused-ring (bicyclic) bond motifs is 1. The van der Waals surface area contributed by atoms with E-state index in [0.29, 0.717) is 0 Å². The third kappa shape index (κ3) is 4.04. The smallest absolute Gasteiger partial charge is 0.119 e. The van der Waals surface area contributed by atoms with Crippen molar-refractivity contribution in [3.63, 3.8) is 0 Å². The van der Waals surface area contributed by atoms with E-state index >= 15 is 0 Å². The van der Waals surface area contributed by atoms with Crippen molar-refractivity contribution in [3.8, 4) is 5.75 Å². The molecule has 132 valence electrons. The van der Waals surface area contributed by atoms with E-state index in [-0.39, 0.29) is 0 Å². The molecule has 3 heteroatoms. The molecule has 0 amide bonds. The van der Waals surface area contributed by atoms with E-state index < -0.39 is 0 Å². The summed E-state index contributed by atoms with van der Waals surface area (Å²) in [6.45, 7) is 12.4. The fourth-order valence-electron chi connectivity index (χ4n) is 3.36. The molecule has 0 aliphatic rings. The molecule has 0 N–H and O–H groups in total. The van der Waals surface area contributed by atoms with Gasteiger partial charge in [-0.05, 0) is 94.0 Å². The van der Waals surface area contributed by atoms with Crippen molar-refractivity contribution >= 4 is 11.0 Å². The van der Waals surface area contributed by atoms with Gasteiger partial charge in [0, 0.05) is 6.54 Å². The van der Waals surface area contributed by atoms with E-state index in [0.717, 1.165) is 43.1 Å². The molecule has 0 atom stereocenters. The molecular formula is C22H28N2O. The molecule has 0 bridgehead atoms. The van der Waals surface area contributed by atoms with E-state index in [1.807, 2.05) is 0 Å². The molecule has 0 saturated heterocycles. The first-order valence-electron chi connectivity index (χ1n) is 9.09. The van der Waals surface area contributed by atoms with Crippen molar-refractivity contribution < 1.29 is 4.74 Å². The predicted molar refractivity (Wildman–Crippen MR) is 105 cm³/mol. The van der Waals surface area contributed by atoms with Gasteiger partial charge in [0.1, 0.15) is 11.6 Å². The normalized spacial score (nSPS) is 11.2. The lowest BCUT2D eigenvalue weighted by molar-refractivity contribution is 0.303. The van der Waals surface area contributed by atoms with Gasteiger partial charge in [-0.1, -0.05) is 6.07 Å². The first-order valence-corrected chi connectivity index (χ1v) is 9.09. The zero-order chi connectivity index (χ0) is 18.0. The molecule has 0 aliphatic heterocycles. The number of hydrogen-bond donors (Lipinski definition) is 0. The summed E-state index contributed by atoms with van der Waals surface area (Å²) in [7, 11) is 0. The summed E-state index contributed by atoms with van der Waals surface area (Å²) in [5.41, 5.74) is 7.48. The lowest BCUT2D eigenvalue weighted by atomic mass is 10.1. The van der Waals surface area contributed by atoms with Crippen molar-refractivity contribution in [3.05, 3.63) is 58.4 Å². The summed E-state index contributed by atoms with van der Waals surface area (Å²) < 4.78 is 8.25. The maximum atomic E-state index is 5.91. The zero-order valence-electron chi connectivity index (χ0n) is 16.0. The highest BCUT2D eigenvalue weighted by molar-refractivity contribution is 5.78. The number of aromatic nitrogens is 2. The number of hydrogen-bond acceptors (Lipinski definition) is 2. The molecular weight excluding hydrogens is 308 g/mol. The zero-order valence-corrected chi connectivity index (χ0v) is 16.0. The Morgan fingerprint density at radius 2 is 1.52 bits per heavy atom. The van der Waals surface area contributed by atoms with Crippen molar-refractivity contribution in [1.82, 2.24) is 9.55 Å². The Morgan fingerprint density at radius 3 is 2.24 bits per heavy atom. The minimum absolute atomic E-state index is 0.757. The number of rotatable bonds is 6. The average molecular weight is 336 g/mol. The molecule has 0 saturated carbocycles. The second-order valence-corrected chi connectivity index (χ2v) is 7.11. The maximum absolute atomic E-state index is 5.91. The molecule has 0 spiro atoms. The van der Waals surface area contributed by atoms with Gasteiger partial charge < -0.3 is 9.30 Å². The second-order valence-electron chi connectivity index (χ2n) is 7.11. The van der Waals surface area contributed by atoms with Crippen LogP contribution in [0.25, 0.3) is 11.0 Å². The first-order chi connectivity index (χ1) is 11.9. The molecule has 0 aliphatic carbocycles. The quantitative estimate of drug-likeness (QED) is 0.561. The number of nitrogens with zero attached hydrogens (tertiary/aromatic N) is 2. The van der Waals surface area contributed by atoms with Crippen LogP contribution in [0, 0.1) is 34.6 Å². The van der Waals surface area contributed by atoms with E-state index in [2.05, 4.69) is 69.5 Å². The molecule has 3 rings (SSSR count). The molecule has 0 unspecified atom stereocenters. The Bertz CT molecular complexity index is 872. The predicted octanol–water partition coefficient (Wildman–Crippen LogP) is 5.44. The van der Waals surface area contributed by atoms with E-state index in [9.17, 15) is 0 Å². The highest BCUT2D eigenvalue weighted by atomic mass is 16.5. The summed E-state index contributed by atoms with van der Waals surface area (Å²) in [4.78, 5) is 4.71. The second kappa shape index (κ2) is 7.30. The van der Waals surface area contributed by atoms with Crippen LogP contribution in [0.5, 0.6) is 5.75 Å². The summed E-state index contributed by atoms with van der Waals surface area (Å²) in [5, 5.41) is 0. The van der Waals surface area contributed by atoms with Gasteiger partial charge in [0.15, 0.2) is 0 Å². The summed E-state index contributed by atoms with van der Waals surface area (Å²) >= 11 is 0. The minimum Gasteiger partial charge on any atom is -0.494 e. The number of benzene rings is 2. The first kappa shape index (κ1) is 17.5. The molecule has 0 radical (unpaired) electrons. The largest absolute Gasteiger partial charge is 0.494 e. The Labute approximate surface area is 150 Å². The van der Waals surface area contributed by atoms with Gasteiger partial charge in [0.05, 0.1) is 17.6 Å². The molecule has 3 nitrogen and oxygen atoms in total. The number of ether oxygens (including phenoxy) is 1. The van der Waals surface area contributed by atoms with Crippen LogP contribution >= 0.6 is 0 Å². The number of unbranched alkanes of at least 4 members (excludes halogenated alkanes) is 1. The van der Waals surface area contributed by atoms with Crippen LogP contribution in [0.15, 0.2) is 30.3 Å². The van der Waals surface area contributed by atoms with Gasteiger partial charge in [-0.25, -0.2) is 4.98 Å². The highest BCUT2D eigenvalue weighted by Gasteiger charge is 2.08. The fraction of sp³-hybridized carbons (Fsp3) is 0.409. The van der Waals surface area contributed by atoms with Gasteiger partial charge >= 0.3 is 0 Å². The fourth-order valence-corrected chi connectivity index (χ4v) is 3.36. The van der Waals surface area contributed by atoms with Gasteiger partial charge in [0.2, 0.25) is 0 Å². The standard InChI is InChI=1S/C22H28N2O/c1-15-10-16(2)12-20(11-15)25-9-7-6-8-24-19(5)23-21-13-17(3)18(4)14-22(21)24/h10-14H,6-9H2,1-5H3. The minimum atomic E-state index is 0.757. The summed E-state index contributed by atoms with van der Waals surface area (Å²) in [6, 6.07) is 10.8. The van der Waals surface area contributed by atoms with E-state index in [1.54, 1.807) is 0 Å². The van der Waals surface area contributed by atoms with Crippen LogP contribution in [0.2, 0.25) is 0 Å². The Hall–Kier alpha value is -2.29. The van der Waals surface area contributed by atoms with Crippen LogP contribution in [0.1, 0.15) is 40.9 Å². The van der Waals surface area contributed by atoms with Crippen molar-refractivity contribution in [2.75, 3.05) is 6.61 Å². The van der Waals surface area contributed by atoms with Crippen LogP contribution in [0.3, 0.4) is 0 Å². The van der Waals surface area contributed by atoms with Crippen molar-refractivity contribution in [1.29, 1.82) is 0 Å². The van der Waals surface area contributed by atoms with Gasteiger partial charge in [-0.3, -0.25) is 0 Å². The third-order valence-electron chi connectivity index (χ3n) is 4.79. The molecule has 3 aromatic rings. The summed E-state index contributed by atoms with van der Waals surface area (Å²) in [6.07, 6.45) is 2.13. The Balaban J connectivity index is 1.58. The van der Waals surface area contributed by atoms with Crippen LogP contribution < -0.4 is 4.74 Å². The van der Waals surface area contributed by atoms with Gasteiger partial charge in [-0.15, -0.1) is 0 Å². The van der Waals surface area contributed by atoms with E-state index in [1.165, 1.54) is 27.8 Å². The van der Waals surface area contributed by atoms with Gasteiger partial charge in [0.25, 0.3) is 0 Å². The van der Waals surface area contributed by atoms with Crippen molar-refractivity contribution in [2.45, 2.75) is 54.0 Å². The van der Waals surface area contributed by atoms with Crippen LogP contribution in [-0.2, 0) is 6.54 Å². The number of aryl methyl sites for hydroxylation is 6. The van der Waals surface area contributed by atoms with Crippen LogP contribution in [0.4, 0.5) is 0 Å². The summed E-state index contributed by atoms with van der Waals surface area (Å²) in [5.74, 6) is 2.07. The lowest BCUT2D eigenvalue weighted by Crippen LogP contribution is -2.04.